The molecule has 0 atom stereocenters. The summed E-state index contributed by atoms with van der Waals surface area (Å²) < 4.78 is 0. The number of hydrogen-bond donors (Lipinski definition) is 1. The van der Waals surface area contributed by atoms with Crippen molar-refractivity contribution >= 4 is 17.4 Å². The molecule has 0 amide bonds. The number of fused-ring (bicyclic) bond motifs is 3. The monoisotopic (exact) mass is 233 g/mol. The fourth-order valence-electron chi connectivity index (χ4n) is 2.14. The highest BCUT2D eigenvalue weighted by atomic mass is 32.2. The summed E-state index contributed by atoms with van der Waals surface area (Å²) >= 11 is 1.86. The highest BCUT2D eigenvalue weighted by molar-refractivity contribution is 8.03. The first-order valence-corrected chi connectivity index (χ1v) is 6.42. The Bertz CT molecular complexity index is 456. The van der Waals surface area contributed by atoms with Crippen LogP contribution in [0, 0.1) is 0 Å². The Morgan fingerprint density at radius 1 is 1.38 bits per heavy atom. The zero-order chi connectivity index (χ0) is 11.1. The first-order chi connectivity index (χ1) is 7.79. The van der Waals surface area contributed by atoms with Gasteiger partial charge in [-0.1, -0.05) is 37.2 Å². The summed E-state index contributed by atoms with van der Waals surface area (Å²) in [5, 5.41) is 5.40. The Hall–Kier alpha value is -1.13. The van der Waals surface area contributed by atoms with E-state index in [9.17, 15) is 0 Å². The molecule has 0 aromatic heterocycles. The number of thioether (sulfide) groups is 1. The van der Waals surface area contributed by atoms with Crippen molar-refractivity contribution in [2.45, 2.75) is 24.7 Å². The lowest BCUT2D eigenvalue weighted by atomic mass is 10.1. The number of aryl methyl sites for hydroxylation is 1. The normalized spacial score (nSPS) is 17.5. The van der Waals surface area contributed by atoms with Crippen molar-refractivity contribution in [3.8, 4) is 0 Å². The molecule has 3 nitrogen and oxygen atoms in total. The van der Waals surface area contributed by atoms with Gasteiger partial charge in [0.25, 0.3) is 0 Å². The molecule has 1 aromatic carbocycles. The molecule has 0 saturated carbocycles. The van der Waals surface area contributed by atoms with E-state index in [1.54, 1.807) is 0 Å². The van der Waals surface area contributed by atoms with Gasteiger partial charge in [0.2, 0.25) is 0 Å². The fraction of sp³-hybridized carbons (Fsp3) is 0.333. The summed E-state index contributed by atoms with van der Waals surface area (Å²) in [7, 11) is 2.02. The molecule has 16 heavy (non-hydrogen) atoms. The Balaban J connectivity index is 2.02. The number of hydrogen-bond acceptors (Lipinski definition) is 4. The molecule has 0 aliphatic carbocycles. The quantitative estimate of drug-likeness (QED) is 0.846. The number of nitrogens with zero attached hydrogens (tertiary/aromatic N) is 2. The molecule has 0 spiro atoms. The summed E-state index contributed by atoms with van der Waals surface area (Å²) in [5.41, 5.74) is 6.04. The molecule has 3 rings (SSSR count). The summed E-state index contributed by atoms with van der Waals surface area (Å²) in [4.78, 5) is 1.41. The van der Waals surface area contributed by atoms with Gasteiger partial charge in [0.1, 0.15) is 5.03 Å². The van der Waals surface area contributed by atoms with Crippen LogP contribution in [0.25, 0.3) is 0 Å². The van der Waals surface area contributed by atoms with E-state index < -0.39 is 0 Å². The van der Waals surface area contributed by atoms with Crippen LogP contribution in [0.2, 0.25) is 0 Å². The van der Waals surface area contributed by atoms with Gasteiger partial charge >= 0.3 is 0 Å². The van der Waals surface area contributed by atoms with Crippen molar-refractivity contribution in [1.82, 2.24) is 10.5 Å². The molecular formula is C12H15N3S. The highest BCUT2D eigenvalue weighted by Crippen LogP contribution is 2.48. The van der Waals surface area contributed by atoms with Gasteiger partial charge in [-0.3, -0.25) is 5.01 Å². The fourth-order valence-corrected chi connectivity index (χ4v) is 3.36. The standard InChI is InChI=1S/C12H15N3S/c1-3-5-9-6-4-7-10-12(9)16-11-8-14(2)13-15(10)11/h4,6-8,13H,3,5H2,1-2H3. The van der Waals surface area contributed by atoms with E-state index in [2.05, 4.69) is 41.9 Å². The van der Waals surface area contributed by atoms with E-state index in [0.717, 1.165) is 6.42 Å². The van der Waals surface area contributed by atoms with Crippen molar-refractivity contribution in [3.63, 3.8) is 0 Å². The van der Waals surface area contributed by atoms with Crippen molar-refractivity contribution in [1.29, 1.82) is 0 Å². The molecule has 4 heteroatoms. The van der Waals surface area contributed by atoms with Crippen LogP contribution in [0.1, 0.15) is 18.9 Å². The Labute approximate surface area is 100 Å². The first kappa shape index (κ1) is 10.1. The largest absolute Gasteiger partial charge is 0.298 e. The van der Waals surface area contributed by atoms with Gasteiger partial charge in [-0.2, -0.15) is 0 Å². The molecule has 1 N–H and O–H groups in total. The SMILES string of the molecule is CCCc1cccc2c1SC1=CN(C)NN12. The Morgan fingerprint density at radius 3 is 3.06 bits per heavy atom. The summed E-state index contributed by atoms with van der Waals surface area (Å²) in [6.07, 6.45) is 4.48. The van der Waals surface area contributed by atoms with E-state index >= 15 is 0 Å². The lowest BCUT2D eigenvalue weighted by Gasteiger charge is -2.18. The second-order valence-corrected chi connectivity index (χ2v) is 5.16. The summed E-state index contributed by atoms with van der Waals surface area (Å²) in [6.45, 7) is 2.23. The molecule has 84 valence electrons. The third-order valence-corrected chi connectivity index (χ3v) is 4.00. The number of rotatable bonds is 2. The third kappa shape index (κ3) is 1.41. The summed E-state index contributed by atoms with van der Waals surface area (Å²) in [5.74, 6) is 0. The molecular weight excluding hydrogens is 218 g/mol. The number of anilines is 1. The zero-order valence-corrected chi connectivity index (χ0v) is 10.3. The molecule has 0 radical (unpaired) electrons. The maximum Gasteiger partial charge on any atom is 0.115 e. The molecule has 2 aliphatic heterocycles. The minimum Gasteiger partial charge on any atom is -0.298 e. The van der Waals surface area contributed by atoms with Gasteiger partial charge in [-0.05, 0) is 18.1 Å². The van der Waals surface area contributed by atoms with Gasteiger partial charge in [-0.25, -0.2) is 5.01 Å². The topological polar surface area (TPSA) is 18.5 Å². The molecule has 0 saturated heterocycles. The van der Waals surface area contributed by atoms with Gasteiger partial charge in [0.05, 0.1) is 5.69 Å². The van der Waals surface area contributed by atoms with Gasteiger partial charge < -0.3 is 0 Å². The molecule has 0 fully saturated rings. The van der Waals surface area contributed by atoms with Crippen LogP contribution in [0.3, 0.4) is 0 Å². The van der Waals surface area contributed by atoms with Crippen LogP contribution in [0.5, 0.6) is 0 Å². The zero-order valence-electron chi connectivity index (χ0n) is 9.53. The smallest absolute Gasteiger partial charge is 0.115 e. The van der Waals surface area contributed by atoms with Crippen LogP contribution >= 0.6 is 11.8 Å². The van der Waals surface area contributed by atoms with Gasteiger partial charge in [0.15, 0.2) is 0 Å². The maximum atomic E-state index is 3.29. The predicted molar refractivity (Wildman–Crippen MR) is 67.8 cm³/mol. The minimum absolute atomic E-state index is 1.16. The molecule has 0 unspecified atom stereocenters. The molecule has 2 heterocycles. The molecule has 2 aliphatic rings. The van der Waals surface area contributed by atoms with Crippen LogP contribution in [-0.4, -0.2) is 12.1 Å². The van der Waals surface area contributed by atoms with Crippen molar-refractivity contribution < 1.29 is 0 Å². The van der Waals surface area contributed by atoms with Crippen molar-refractivity contribution in [2.24, 2.45) is 0 Å². The maximum absolute atomic E-state index is 3.29. The lowest BCUT2D eigenvalue weighted by molar-refractivity contribution is 0.358. The van der Waals surface area contributed by atoms with Gasteiger partial charge in [-0.15, -0.1) is 5.53 Å². The van der Waals surface area contributed by atoms with Crippen molar-refractivity contribution in [2.75, 3.05) is 12.1 Å². The number of nitrogens with one attached hydrogen (secondary N) is 1. The average molecular weight is 233 g/mol. The average Bonchev–Trinajstić information content (AvgIpc) is 2.76. The number of benzene rings is 1. The van der Waals surface area contributed by atoms with Crippen LogP contribution in [0.15, 0.2) is 34.3 Å². The van der Waals surface area contributed by atoms with E-state index in [1.165, 1.54) is 27.6 Å². The number of hydrazine groups is 2. The first-order valence-electron chi connectivity index (χ1n) is 5.60. The van der Waals surface area contributed by atoms with Crippen LogP contribution in [0.4, 0.5) is 5.69 Å². The Kier molecular flexibility index (Phi) is 2.33. The van der Waals surface area contributed by atoms with E-state index in [4.69, 9.17) is 0 Å². The third-order valence-electron chi connectivity index (χ3n) is 2.82. The van der Waals surface area contributed by atoms with E-state index in [0.29, 0.717) is 0 Å². The molecule has 1 aromatic rings. The molecule has 0 bridgehead atoms. The van der Waals surface area contributed by atoms with Crippen LogP contribution in [-0.2, 0) is 6.42 Å². The second kappa shape index (κ2) is 3.71. The summed E-state index contributed by atoms with van der Waals surface area (Å²) in [6, 6.07) is 6.56. The van der Waals surface area contributed by atoms with Gasteiger partial charge in [0, 0.05) is 18.1 Å². The lowest BCUT2D eigenvalue weighted by Crippen LogP contribution is -2.37. The van der Waals surface area contributed by atoms with E-state index in [-0.39, 0.29) is 0 Å². The van der Waals surface area contributed by atoms with Crippen LogP contribution < -0.4 is 10.5 Å². The highest BCUT2D eigenvalue weighted by Gasteiger charge is 2.31. The predicted octanol–water partition coefficient (Wildman–Crippen LogP) is 2.72. The van der Waals surface area contributed by atoms with Crippen molar-refractivity contribution in [3.05, 3.63) is 35.0 Å². The second-order valence-electron chi connectivity index (χ2n) is 4.13. The van der Waals surface area contributed by atoms with E-state index in [1.807, 2.05) is 23.8 Å². The Morgan fingerprint density at radius 2 is 2.25 bits per heavy atom. The minimum atomic E-state index is 1.16.